The summed E-state index contributed by atoms with van der Waals surface area (Å²) in [7, 11) is 0. The Morgan fingerprint density at radius 1 is 1.25 bits per heavy atom. The average molecular weight is 280 g/mol. The molecule has 3 aliphatic rings. The minimum absolute atomic E-state index is 0.549. The predicted octanol–water partition coefficient (Wildman–Crippen LogP) is 2.65. The Hall–Kier alpha value is -0.120. The second-order valence-corrected chi connectivity index (χ2v) is 7.56. The van der Waals surface area contributed by atoms with Crippen molar-refractivity contribution in [2.75, 3.05) is 26.2 Å². The van der Waals surface area contributed by atoms with Gasteiger partial charge in [-0.05, 0) is 50.4 Å². The highest BCUT2D eigenvalue weighted by atomic mass is 16.5. The first kappa shape index (κ1) is 14.8. The van der Waals surface area contributed by atoms with Crippen LogP contribution >= 0.6 is 0 Å². The van der Waals surface area contributed by atoms with Crippen LogP contribution in [0.3, 0.4) is 0 Å². The van der Waals surface area contributed by atoms with Gasteiger partial charge in [-0.3, -0.25) is 4.90 Å². The minimum Gasteiger partial charge on any atom is -0.378 e. The van der Waals surface area contributed by atoms with Gasteiger partial charge < -0.3 is 10.1 Å². The van der Waals surface area contributed by atoms with E-state index >= 15 is 0 Å². The number of ether oxygens (including phenoxy) is 1. The molecular weight excluding hydrogens is 248 g/mol. The van der Waals surface area contributed by atoms with Crippen molar-refractivity contribution in [3.63, 3.8) is 0 Å². The first-order valence-corrected chi connectivity index (χ1v) is 8.81. The zero-order valence-corrected chi connectivity index (χ0v) is 13.3. The fourth-order valence-electron chi connectivity index (χ4n) is 4.01. The van der Waals surface area contributed by atoms with Gasteiger partial charge in [-0.15, -0.1) is 0 Å². The molecule has 3 unspecified atom stereocenters. The Kier molecular flexibility index (Phi) is 5.00. The molecule has 2 saturated heterocycles. The van der Waals surface area contributed by atoms with E-state index < -0.39 is 0 Å². The molecule has 0 bridgehead atoms. The van der Waals surface area contributed by atoms with Gasteiger partial charge in [0, 0.05) is 38.3 Å². The van der Waals surface area contributed by atoms with Crippen LogP contribution in [0.4, 0.5) is 0 Å². The average Bonchev–Trinajstić information content (AvgIpc) is 3.12. The molecule has 0 amide bonds. The molecule has 3 fully saturated rings. The number of hydrogen-bond acceptors (Lipinski definition) is 3. The predicted molar refractivity (Wildman–Crippen MR) is 82.9 cm³/mol. The van der Waals surface area contributed by atoms with E-state index in [1.807, 2.05) is 0 Å². The van der Waals surface area contributed by atoms with Crippen molar-refractivity contribution in [3.05, 3.63) is 0 Å². The van der Waals surface area contributed by atoms with Gasteiger partial charge in [0.1, 0.15) is 0 Å². The topological polar surface area (TPSA) is 24.5 Å². The molecule has 0 aromatic heterocycles. The van der Waals surface area contributed by atoms with Crippen LogP contribution in [-0.4, -0.2) is 49.3 Å². The van der Waals surface area contributed by atoms with Crippen molar-refractivity contribution in [2.45, 2.75) is 70.6 Å². The van der Waals surface area contributed by atoms with Gasteiger partial charge in [-0.1, -0.05) is 13.8 Å². The van der Waals surface area contributed by atoms with Crippen LogP contribution in [0.25, 0.3) is 0 Å². The quantitative estimate of drug-likeness (QED) is 0.809. The van der Waals surface area contributed by atoms with Crippen LogP contribution in [-0.2, 0) is 4.74 Å². The van der Waals surface area contributed by atoms with Gasteiger partial charge in [0.2, 0.25) is 0 Å². The molecule has 1 saturated carbocycles. The zero-order chi connectivity index (χ0) is 13.9. The summed E-state index contributed by atoms with van der Waals surface area (Å²) in [6, 6.07) is 1.51. The van der Waals surface area contributed by atoms with Gasteiger partial charge in [-0.25, -0.2) is 0 Å². The highest BCUT2D eigenvalue weighted by Crippen LogP contribution is 2.36. The maximum Gasteiger partial charge on any atom is 0.0588 e. The lowest BCUT2D eigenvalue weighted by molar-refractivity contribution is 0.0630. The van der Waals surface area contributed by atoms with E-state index in [9.17, 15) is 0 Å². The largest absolute Gasteiger partial charge is 0.378 e. The van der Waals surface area contributed by atoms with Gasteiger partial charge in [-0.2, -0.15) is 0 Å². The third-order valence-electron chi connectivity index (χ3n) is 5.22. The number of piperazine rings is 1. The van der Waals surface area contributed by atoms with Crippen molar-refractivity contribution in [3.8, 4) is 0 Å². The molecule has 3 rings (SSSR count). The van der Waals surface area contributed by atoms with Crippen LogP contribution in [0, 0.1) is 11.8 Å². The molecule has 2 aliphatic heterocycles. The number of hydrogen-bond donors (Lipinski definition) is 1. The molecule has 0 aromatic rings. The standard InChI is InChI=1S/C17H32N2O/c1-13(2)10-15-12-19(8-7-16-4-3-9-20-16)17(11-18-15)14-5-6-14/h13-18H,3-12H2,1-2H3. The zero-order valence-electron chi connectivity index (χ0n) is 13.3. The SMILES string of the molecule is CC(C)CC1CN(CCC2CCCO2)C(C2CC2)CN1. The van der Waals surface area contributed by atoms with Crippen molar-refractivity contribution in [2.24, 2.45) is 11.8 Å². The first-order chi connectivity index (χ1) is 9.72. The third-order valence-corrected chi connectivity index (χ3v) is 5.22. The second-order valence-electron chi connectivity index (χ2n) is 7.56. The molecule has 1 aliphatic carbocycles. The molecule has 116 valence electrons. The minimum atomic E-state index is 0.549. The lowest BCUT2D eigenvalue weighted by Crippen LogP contribution is -2.57. The Morgan fingerprint density at radius 2 is 2.10 bits per heavy atom. The Bertz CT molecular complexity index is 297. The molecule has 3 nitrogen and oxygen atoms in total. The summed E-state index contributed by atoms with van der Waals surface area (Å²) >= 11 is 0. The van der Waals surface area contributed by atoms with Crippen LogP contribution in [0.2, 0.25) is 0 Å². The molecule has 2 heterocycles. The highest BCUT2D eigenvalue weighted by Gasteiger charge is 2.38. The number of nitrogens with one attached hydrogen (secondary N) is 1. The number of rotatable bonds is 6. The van der Waals surface area contributed by atoms with E-state index in [-0.39, 0.29) is 0 Å². The fraction of sp³-hybridized carbons (Fsp3) is 1.00. The Balaban J connectivity index is 1.51. The van der Waals surface area contributed by atoms with E-state index in [1.54, 1.807) is 0 Å². The lowest BCUT2D eigenvalue weighted by atomic mass is 9.97. The normalized spacial score (nSPS) is 35.9. The van der Waals surface area contributed by atoms with Crippen molar-refractivity contribution in [1.82, 2.24) is 10.2 Å². The molecule has 20 heavy (non-hydrogen) atoms. The molecule has 3 atom stereocenters. The fourth-order valence-corrected chi connectivity index (χ4v) is 4.01. The molecular formula is C17H32N2O. The second kappa shape index (κ2) is 6.76. The van der Waals surface area contributed by atoms with Crippen LogP contribution in [0.15, 0.2) is 0 Å². The van der Waals surface area contributed by atoms with E-state index in [2.05, 4.69) is 24.1 Å². The molecule has 0 radical (unpaired) electrons. The summed E-state index contributed by atoms with van der Waals surface area (Å²) in [5, 5.41) is 3.81. The monoisotopic (exact) mass is 280 g/mol. The summed E-state index contributed by atoms with van der Waals surface area (Å²) in [6.07, 6.45) is 8.58. The Labute approximate surface area is 124 Å². The van der Waals surface area contributed by atoms with E-state index in [4.69, 9.17) is 4.74 Å². The van der Waals surface area contributed by atoms with E-state index in [0.717, 1.165) is 24.5 Å². The lowest BCUT2D eigenvalue weighted by Gasteiger charge is -2.41. The summed E-state index contributed by atoms with van der Waals surface area (Å²) in [5.74, 6) is 1.77. The van der Waals surface area contributed by atoms with Gasteiger partial charge in [0.15, 0.2) is 0 Å². The molecule has 0 spiro atoms. The highest BCUT2D eigenvalue weighted by molar-refractivity contribution is 4.95. The first-order valence-electron chi connectivity index (χ1n) is 8.81. The number of nitrogens with zero attached hydrogens (tertiary/aromatic N) is 1. The van der Waals surface area contributed by atoms with E-state index in [0.29, 0.717) is 12.1 Å². The summed E-state index contributed by atoms with van der Waals surface area (Å²) in [5.41, 5.74) is 0. The van der Waals surface area contributed by atoms with Gasteiger partial charge >= 0.3 is 0 Å². The van der Waals surface area contributed by atoms with E-state index in [1.165, 1.54) is 58.2 Å². The molecule has 1 N–H and O–H groups in total. The maximum absolute atomic E-state index is 5.80. The molecule has 3 heteroatoms. The summed E-state index contributed by atoms with van der Waals surface area (Å²) < 4.78 is 5.80. The summed E-state index contributed by atoms with van der Waals surface area (Å²) in [4.78, 5) is 2.79. The van der Waals surface area contributed by atoms with Crippen molar-refractivity contribution >= 4 is 0 Å². The van der Waals surface area contributed by atoms with Crippen LogP contribution < -0.4 is 5.32 Å². The van der Waals surface area contributed by atoms with Gasteiger partial charge in [0.05, 0.1) is 6.10 Å². The van der Waals surface area contributed by atoms with Crippen molar-refractivity contribution in [1.29, 1.82) is 0 Å². The van der Waals surface area contributed by atoms with Crippen molar-refractivity contribution < 1.29 is 4.74 Å². The van der Waals surface area contributed by atoms with Gasteiger partial charge in [0.25, 0.3) is 0 Å². The maximum atomic E-state index is 5.80. The van der Waals surface area contributed by atoms with Crippen LogP contribution in [0.5, 0.6) is 0 Å². The Morgan fingerprint density at radius 3 is 2.75 bits per heavy atom. The van der Waals surface area contributed by atoms with Crippen LogP contribution in [0.1, 0.15) is 52.4 Å². The summed E-state index contributed by atoms with van der Waals surface area (Å²) in [6.45, 7) is 9.40. The smallest absolute Gasteiger partial charge is 0.0588 e. The third kappa shape index (κ3) is 3.96. The molecule has 0 aromatic carbocycles.